The molecule has 1 aromatic heterocycles. The number of carbonyl (C=O) groups excluding carboxylic acids is 1. The second-order valence-electron chi connectivity index (χ2n) is 4.72. The van der Waals surface area contributed by atoms with E-state index in [0.717, 1.165) is 0 Å². The van der Waals surface area contributed by atoms with Gasteiger partial charge in [0.15, 0.2) is 6.54 Å². The Hall–Kier alpha value is -1.66. The maximum absolute atomic E-state index is 11.4. The van der Waals surface area contributed by atoms with Crippen LogP contribution in [0.1, 0.15) is 5.56 Å². The van der Waals surface area contributed by atoms with Crippen molar-refractivity contribution < 1.29 is 21.7 Å². The summed E-state index contributed by atoms with van der Waals surface area (Å²) in [5.74, 6) is 0.244. The van der Waals surface area contributed by atoms with E-state index in [9.17, 15) is 4.79 Å². The number of quaternary nitrogens is 1. The molecule has 0 aliphatic rings. The average Bonchev–Trinajstić information content (AvgIpc) is 2.18. The molecule has 0 aliphatic carbocycles. The van der Waals surface area contributed by atoms with Crippen molar-refractivity contribution >= 4 is 17.9 Å². The fourth-order valence-electron chi connectivity index (χ4n) is 1.18. The standard InChI is InChI=1S/C11H17N5O.ClH/c1-16(2,3)8-10(17)15-14-7-9-5-4-6-13-11(9)12;/h4-7H,8H2,1-3H3,(H2-,12,13,14,15,17);1H. The van der Waals surface area contributed by atoms with Crippen LogP contribution in [-0.2, 0) is 4.79 Å². The third kappa shape index (κ3) is 6.17. The molecule has 0 bridgehead atoms. The van der Waals surface area contributed by atoms with Crippen LogP contribution in [0.25, 0.3) is 0 Å². The van der Waals surface area contributed by atoms with Gasteiger partial charge in [-0.2, -0.15) is 5.10 Å². The third-order valence-electron chi connectivity index (χ3n) is 1.88. The number of nitrogens with one attached hydrogen (secondary N) is 1. The number of nitrogen functional groups attached to an aromatic ring is 1. The fraction of sp³-hybridized carbons (Fsp3) is 0.364. The Bertz CT molecular complexity index is 428. The molecule has 0 saturated carbocycles. The second-order valence-corrected chi connectivity index (χ2v) is 4.72. The topological polar surface area (TPSA) is 80.4 Å². The highest BCUT2D eigenvalue weighted by Gasteiger charge is 2.12. The Balaban J connectivity index is 0.00000289. The Morgan fingerprint density at radius 2 is 2.22 bits per heavy atom. The molecule has 0 atom stereocenters. The summed E-state index contributed by atoms with van der Waals surface area (Å²) in [4.78, 5) is 15.4. The van der Waals surface area contributed by atoms with E-state index in [0.29, 0.717) is 22.4 Å². The number of hydrazone groups is 1. The molecule has 0 saturated heterocycles. The smallest absolute Gasteiger partial charge is 0.295 e. The molecule has 6 nitrogen and oxygen atoms in total. The lowest BCUT2D eigenvalue weighted by molar-refractivity contribution is -0.862. The monoisotopic (exact) mass is 271 g/mol. The molecular formula is C11H18ClN5O. The van der Waals surface area contributed by atoms with Crippen LogP contribution in [0, 0.1) is 0 Å². The number of amides is 1. The maximum atomic E-state index is 11.4. The summed E-state index contributed by atoms with van der Waals surface area (Å²) in [5.41, 5.74) is 8.75. The van der Waals surface area contributed by atoms with E-state index in [2.05, 4.69) is 15.5 Å². The Morgan fingerprint density at radius 1 is 1.56 bits per heavy atom. The van der Waals surface area contributed by atoms with E-state index >= 15 is 0 Å². The molecule has 0 aromatic carbocycles. The quantitative estimate of drug-likeness (QED) is 0.344. The summed E-state index contributed by atoms with van der Waals surface area (Å²) in [6.45, 7) is 0.361. The van der Waals surface area contributed by atoms with Crippen LogP contribution in [0.15, 0.2) is 23.4 Å². The first-order chi connectivity index (χ1) is 7.88. The predicted molar refractivity (Wildman–Crippen MR) is 67.3 cm³/mol. The minimum Gasteiger partial charge on any atom is -1.00 e. The van der Waals surface area contributed by atoms with Crippen LogP contribution < -0.4 is 23.6 Å². The van der Waals surface area contributed by atoms with E-state index in [1.54, 1.807) is 18.3 Å². The summed E-state index contributed by atoms with van der Waals surface area (Å²) in [6.07, 6.45) is 3.08. The van der Waals surface area contributed by atoms with Crippen LogP contribution in [0.5, 0.6) is 0 Å². The summed E-state index contributed by atoms with van der Waals surface area (Å²) < 4.78 is 0.552. The fourth-order valence-corrected chi connectivity index (χ4v) is 1.18. The van der Waals surface area contributed by atoms with Gasteiger partial charge in [0, 0.05) is 11.8 Å². The average molecular weight is 272 g/mol. The van der Waals surface area contributed by atoms with Crippen LogP contribution in [0.3, 0.4) is 0 Å². The molecule has 1 amide bonds. The first-order valence-electron chi connectivity index (χ1n) is 5.21. The zero-order valence-electron chi connectivity index (χ0n) is 10.7. The molecule has 0 unspecified atom stereocenters. The van der Waals surface area contributed by atoms with E-state index in [-0.39, 0.29) is 18.3 Å². The highest BCUT2D eigenvalue weighted by molar-refractivity contribution is 5.86. The van der Waals surface area contributed by atoms with E-state index in [1.165, 1.54) is 6.21 Å². The predicted octanol–water partition coefficient (Wildman–Crippen LogP) is -3.18. The lowest BCUT2D eigenvalue weighted by atomic mass is 10.3. The van der Waals surface area contributed by atoms with Gasteiger partial charge in [0.1, 0.15) is 5.82 Å². The number of anilines is 1. The first-order valence-corrected chi connectivity index (χ1v) is 5.21. The van der Waals surface area contributed by atoms with Gasteiger partial charge in [-0.05, 0) is 12.1 Å². The minimum atomic E-state index is -0.142. The lowest BCUT2D eigenvalue weighted by Gasteiger charge is -2.21. The van der Waals surface area contributed by atoms with Crippen molar-refractivity contribution in [2.75, 3.05) is 33.4 Å². The van der Waals surface area contributed by atoms with Crippen molar-refractivity contribution in [1.29, 1.82) is 0 Å². The summed E-state index contributed by atoms with van der Waals surface area (Å²) in [6, 6.07) is 3.53. The number of nitrogens with two attached hydrogens (primary N) is 1. The van der Waals surface area contributed by atoms with Gasteiger partial charge in [0.2, 0.25) is 0 Å². The van der Waals surface area contributed by atoms with Crippen molar-refractivity contribution in [2.45, 2.75) is 0 Å². The van der Waals surface area contributed by atoms with Crippen molar-refractivity contribution in [2.24, 2.45) is 5.10 Å². The Morgan fingerprint density at radius 3 is 2.78 bits per heavy atom. The molecule has 0 radical (unpaired) electrons. The number of rotatable bonds is 4. The number of carbonyl (C=O) groups is 1. The van der Waals surface area contributed by atoms with Crippen LogP contribution in [0.2, 0.25) is 0 Å². The Labute approximate surface area is 113 Å². The number of likely N-dealkylation sites (N-methyl/N-ethyl adjacent to an activating group) is 1. The highest BCUT2D eigenvalue weighted by atomic mass is 35.5. The van der Waals surface area contributed by atoms with Gasteiger partial charge in [-0.25, -0.2) is 10.4 Å². The zero-order valence-corrected chi connectivity index (χ0v) is 11.5. The van der Waals surface area contributed by atoms with Crippen molar-refractivity contribution in [3.63, 3.8) is 0 Å². The van der Waals surface area contributed by atoms with Gasteiger partial charge in [0.05, 0.1) is 27.4 Å². The normalized spacial score (nSPS) is 11.1. The molecule has 18 heavy (non-hydrogen) atoms. The summed E-state index contributed by atoms with van der Waals surface area (Å²) >= 11 is 0. The van der Waals surface area contributed by atoms with Gasteiger partial charge in [-0.3, -0.25) is 4.79 Å². The minimum absolute atomic E-state index is 0. The molecule has 3 N–H and O–H groups in total. The lowest BCUT2D eigenvalue weighted by Crippen LogP contribution is -3.00. The third-order valence-corrected chi connectivity index (χ3v) is 1.88. The summed E-state index contributed by atoms with van der Waals surface area (Å²) in [5, 5.41) is 3.83. The number of aromatic nitrogens is 1. The van der Waals surface area contributed by atoms with Gasteiger partial charge >= 0.3 is 0 Å². The van der Waals surface area contributed by atoms with Crippen LogP contribution in [-0.4, -0.2) is 49.3 Å². The molecule has 1 rings (SSSR count). The van der Waals surface area contributed by atoms with E-state index < -0.39 is 0 Å². The van der Waals surface area contributed by atoms with E-state index in [4.69, 9.17) is 5.73 Å². The van der Waals surface area contributed by atoms with Gasteiger partial charge < -0.3 is 22.6 Å². The number of hydrogen-bond donors (Lipinski definition) is 2. The number of pyridine rings is 1. The largest absolute Gasteiger partial charge is 1.00 e. The molecule has 1 heterocycles. The number of nitrogens with zero attached hydrogens (tertiary/aromatic N) is 3. The van der Waals surface area contributed by atoms with Crippen molar-refractivity contribution in [1.82, 2.24) is 10.4 Å². The SMILES string of the molecule is C[N+](C)(C)CC(=O)N/N=C/c1cccnc1N.[Cl-]. The van der Waals surface area contributed by atoms with Gasteiger partial charge in [0.25, 0.3) is 5.91 Å². The van der Waals surface area contributed by atoms with Crippen molar-refractivity contribution in [3.05, 3.63) is 23.9 Å². The molecular weight excluding hydrogens is 254 g/mol. The van der Waals surface area contributed by atoms with Crippen LogP contribution in [0.4, 0.5) is 5.82 Å². The van der Waals surface area contributed by atoms with Gasteiger partial charge in [-0.1, -0.05) is 0 Å². The number of halogens is 1. The molecule has 7 heteroatoms. The van der Waals surface area contributed by atoms with Gasteiger partial charge in [-0.15, -0.1) is 0 Å². The maximum Gasteiger partial charge on any atom is 0.295 e. The second kappa shape index (κ2) is 6.93. The zero-order chi connectivity index (χ0) is 12.9. The number of hydrogen-bond acceptors (Lipinski definition) is 4. The van der Waals surface area contributed by atoms with E-state index in [1.807, 2.05) is 21.1 Å². The summed E-state index contributed by atoms with van der Waals surface area (Å²) in [7, 11) is 5.80. The van der Waals surface area contributed by atoms with Crippen molar-refractivity contribution in [3.8, 4) is 0 Å². The molecule has 0 spiro atoms. The molecule has 0 aliphatic heterocycles. The molecule has 1 aromatic rings. The first kappa shape index (κ1) is 16.3. The molecule has 100 valence electrons. The molecule has 0 fully saturated rings. The highest BCUT2D eigenvalue weighted by Crippen LogP contribution is 2.02. The Kier molecular flexibility index (Phi) is 6.29. The van der Waals surface area contributed by atoms with Crippen LogP contribution >= 0.6 is 0 Å².